The number of halogens is 3. The van der Waals surface area contributed by atoms with Gasteiger partial charge >= 0.3 is 12.1 Å². The Hall–Kier alpha value is -1.64. The highest BCUT2D eigenvalue weighted by atomic mass is 19.4. The molecule has 0 saturated carbocycles. The molecule has 1 saturated heterocycles. The smallest absolute Gasteiger partial charge is 0.401 e. The fraction of sp³-hybridized carbons (Fsp3) is 0.667. The molecule has 102 valence electrons. The maximum atomic E-state index is 12.3. The van der Waals surface area contributed by atoms with Crippen molar-refractivity contribution in [1.82, 2.24) is 9.80 Å². The molecule has 0 spiro atoms. The lowest BCUT2D eigenvalue weighted by Gasteiger charge is -2.25. The number of imide groups is 1. The van der Waals surface area contributed by atoms with Crippen molar-refractivity contribution in [1.29, 1.82) is 0 Å². The summed E-state index contributed by atoms with van der Waals surface area (Å²) in [5.41, 5.74) is 0. The Bertz CT molecular complexity index is 382. The number of nitrogens with zero attached hydrogens (tertiary/aromatic N) is 2. The van der Waals surface area contributed by atoms with E-state index < -0.39 is 49.5 Å². The fourth-order valence-corrected chi connectivity index (χ4v) is 1.70. The molecule has 1 unspecified atom stereocenters. The van der Waals surface area contributed by atoms with E-state index in [-0.39, 0.29) is 0 Å². The van der Waals surface area contributed by atoms with Crippen LogP contribution in [0.25, 0.3) is 0 Å². The summed E-state index contributed by atoms with van der Waals surface area (Å²) in [6.45, 7) is -2.49. The minimum absolute atomic E-state index is 0.432. The molecular weight excluding hydrogens is 257 g/mol. The lowest BCUT2D eigenvalue weighted by atomic mass is 10.2. The first-order chi connectivity index (χ1) is 8.11. The molecule has 9 heteroatoms. The van der Waals surface area contributed by atoms with E-state index in [4.69, 9.17) is 5.11 Å². The van der Waals surface area contributed by atoms with Crippen LogP contribution >= 0.6 is 0 Å². The predicted molar refractivity (Wildman–Crippen MR) is 51.4 cm³/mol. The van der Waals surface area contributed by atoms with E-state index in [0.29, 0.717) is 9.80 Å². The van der Waals surface area contributed by atoms with Gasteiger partial charge in [0.2, 0.25) is 11.8 Å². The molecule has 1 rings (SSSR count). The molecule has 0 bridgehead atoms. The standard InChI is InChI=1S/C9H11F3N2O4/c1-13-6(15)2-5(8(13)18)14(3-7(16)17)4-9(10,11)12/h5H,2-4H2,1H3,(H,16,17). The number of amides is 2. The normalized spacial score (nSPS) is 20.9. The number of carbonyl (C=O) groups is 3. The van der Waals surface area contributed by atoms with Gasteiger partial charge in [0.1, 0.15) is 0 Å². The lowest BCUT2D eigenvalue weighted by molar-refractivity contribution is -0.160. The van der Waals surface area contributed by atoms with Gasteiger partial charge in [0.05, 0.1) is 25.6 Å². The summed E-state index contributed by atoms with van der Waals surface area (Å²) in [7, 11) is 1.15. The first-order valence-corrected chi connectivity index (χ1v) is 4.95. The molecule has 0 radical (unpaired) electrons. The van der Waals surface area contributed by atoms with Gasteiger partial charge in [-0.3, -0.25) is 24.2 Å². The lowest BCUT2D eigenvalue weighted by Crippen LogP contribution is -2.47. The average Bonchev–Trinajstić information content (AvgIpc) is 2.42. The molecule has 6 nitrogen and oxygen atoms in total. The molecule has 2 amide bonds. The van der Waals surface area contributed by atoms with Crippen LogP contribution in [0, 0.1) is 0 Å². The molecule has 1 heterocycles. The van der Waals surface area contributed by atoms with E-state index >= 15 is 0 Å². The number of aliphatic carboxylic acids is 1. The van der Waals surface area contributed by atoms with E-state index in [0.717, 1.165) is 7.05 Å². The van der Waals surface area contributed by atoms with Gasteiger partial charge in [0.15, 0.2) is 0 Å². The predicted octanol–water partition coefficient (Wildman–Crippen LogP) is -0.307. The van der Waals surface area contributed by atoms with Gasteiger partial charge in [0.25, 0.3) is 0 Å². The highest BCUT2D eigenvalue weighted by molar-refractivity contribution is 6.05. The van der Waals surface area contributed by atoms with Crippen LogP contribution in [0.3, 0.4) is 0 Å². The number of hydrogen-bond donors (Lipinski definition) is 1. The number of carboxylic acid groups (broad SMARTS) is 1. The third-order valence-corrected chi connectivity index (χ3v) is 2.52. The average molecular weight is 268 g/mol. The minimum atomic E-state index is -4.64. The Labute approximate surface area is 99.9 Å². The number of hydrogen-bond acceptors (Lipinski definition) is 4. The molecule has 1 aliphatic rings. The molecule has 1 atom stereocenters. The van der Waals surface area contributed by atoms with Gasteiger partial charge in [0, 0.05) is 7.05 Å². The summed E-state index contributed by atoms with van der Waals surface area (Å²) in [4.78, 5) is 34.4. The second-order valence-corrected chi connectivity index (χ2v) is 3.92. The molecule has 0 aliphatic carbocycles. The van der Waals surface area contributed by atoms with Crippen LogP contribution in [0.1, 0.15) is 6.42 Å². The monoisotopic (exact) mass is 268 g/mol. The van der Waals surface area contributed by atoms with Crippen molar-refractivity contribution in [2.24, 2.45) is 0 Å². The van der Waals surface area contributed by atoms with Gasteiger partial charge in [-0.05, 0) is 0 Å². The third kappa shape index (κ3) is 3.42. The van der Waals surface area contributed by atoms with E-state index in [2.05, 4.69) is 0 Å². The van der Waals surface area contributed by atoms with Gasteiger partial charge in [-0.2, -0.15) is 13.2 Å². The topological polar surface area (TPSA) is 77.9 Å². The molecule has 1 aliphatic heterocycles. The summed E-state index contributed by atoms with van der Waals surface area (Å²) >= 11 is 0. The Balaban J connectivity index is 2.87. The van der Waals surface area contributed by atoms with Crippen molar-refractivity contribution >= 4 is 17.8 Å². The summed E-state index contributed by atoms with van der Waals surface area (Å²) in [5, 5.41) is 8.54. The zero-order valence-electron chi connectivity index (χ0n) is 9.40. The van der Waals surface area contributed by atoms with E-state index in [1.807, 2.05) is 0 Å². The van der Waals surface area contributed by atoms with Crippen molar-refractivity contribution in [3.05, 3.63) is 0 Å². The zero-order chi connectivity index (χ0) is 14.1. The zero-order valence-corrected chi connectivity index (χ0v) is 9.40. The fourth-order valence-electron chi connectivity index (χ4n) is 1.70. The van der Waals surface area contributed by atoms with Crippen molar-refractivity contribution in [2.75, 3.05) is 20.1 Å². The Kier molecular flexibility index (Phi) is 3.95. The second-order valence-electron chi connectivity index (χ2n) is 3.92. The highest BCUT2D eigenvalue weighted by Gasteiger charge is 2.44. The summed E-state index contributed by atoms with van der Waals surface area (Å²) in [5.74, 6) is -2.93. The van der Waals surface area contributed by atoms with Crippen molar-refractivity contribution < 1.29 is 32.7 Å². The van der Waals surface area contributed by atoms with Crippen molar-refractivity contribution in [3.8, 4) is 0 Å². The van der Waals surface area contributed by atoms with Gasteiger partial charge < -0.3 is 5.11 Å². The third-order valence-electron chi connectivity index (χ3n) is 2.52. The van der Waals surface area contributed by atoms with E-state index in [9.17, 15) is 27.6 Å². The summed E-state index contributed by atoms with van der Waals surface area (Å²) in [6, 6.07) is -1.36. The molecule has 1 N–H and O–H groups in total. The second kappa shape index (κ2) is 4.92. The number of likely N-dealkylation sites (N-methyl/N-ethyl adjacent to an activating group) is 1. The Morgan fingerprint density at radius 3 is 2.39 bits per heavy atom. The first kappa shape index (κ1) is 14.4. The SMILES string of the molecule is CN1C(=O)CC(N(CC(=O)O)CC(F)(F)F)C1=O. The van der Waals surface area contributed by atoms with Gasteiger partial charge in [-0.15, -0.1) is 0 Å². The maximum Gasteiger partial charge on any atom is 0.401 e. The minimum Gasteiger partial charge on any atom is -0.480 e. The number of carboxylic acids is 1. The molecule has 0 aromatic rings. The molecule has 1 fully saturated rings. The Morgan fingerprint density at radius 1 is 1.50 bits per heavy atom. The quantitative estimate of drug-likeness (QED) is 0.708. The number of rotatable bonds is 4. The maximum absolute atomic E-state index is 12.3. The van der Waals surface area contributed by atoms with Gasteiger partial charge in [-0.1, -0.05) is 0 Å². The summed E-state index contributed by atoms with van der Waals surface area (Å²) in [6.07, 6.45) is -5.07. The molecule has 0 aromatic heterocycles. The van der Waals surface area contributed by atoms with Crippen molar-refractivity contribution in [2.45, 2.75) is 18.6 Å². The molecule has 0 aromatic carbocycles. The molecular formula is C9H11F3N2O4. The summed E-state index contributed by atoms with van der Waals surface area (Å²) < 4.78 is 36.9. The van der Waals surface area contributed by atoms with Gasteiger partial charge in [-0.25, -0.2) is 0 Å². The highest BCUT2D eigenvalue weighted by Crippen LogP contribution is 2.23. The number of carbonyl (C=O) groups excluding carboxylic acids is 2. The van der Waals surface area contributed by atoms with Crippen molar-refractivity contribution in [3.63, 3.8) is 0 Å². The largest absolute Gasteiger partial charge is 0.480 e. The van der Waals surface area contributed by atoms with E-state index in [1.165, 1.54) is 0 Å². The number of alkyl halides is 3. The van der Waals surface area contributed by atoms with Crippen LogP contribution in [-0.2, 0) is 14.4 Å². The van der Waals surface area contributed by atoms with Crippen LogP contribution < -0.4 is 0 Å². The first-order valence-electron chi connectivity index (χ1n) is 4.95. The number of likely N-dealkylation sites (tertiary alicyclic amines) is 1. The molecule has 18 heavy (non-hydrogen) atoms. The van der Waals surface area contributed by atoms with Crippen LogP contribution in [0.15, 0.2) is 0 Å². The van der Waals surface area contributed by atoms with Crippen LogP contribution in [-0.4, -0.2) is 65.0 Å². The van der Waals surface area contributed by atoms with Crippen LogP contribution in [0.2, 0.25) is 0 Å². The Morgan fingerprint density at radius 2 is 2.06 bits per heavy atom. The van der Waals surface area contributed by atoms with Crippen LogP contribution in [0.5, 0.6) is 0 Å². The van der Waals surface area contributed by atoms with E-state index in [1.54, 1.807) is 0 Å². The van der Waals surface area contributed by atoms with Crippen LogP contribution in [0.4, 0.5) is 13.2 Å².